The lowest BCUT2D eigenvalue weighted by Gasteiger charge is -2.11. The SMILES string of the molecule is O=C(O)c1ccc(Cl)c(NCc2cccc(Cl)c2Cl)c1. The molecule has 0 aromatic heterocycles. The second-order valence-electron chi connectivity index (χ2n) is 4.07. The molecule has 20 heavy (non-hydrogen) atoms. The standard InChI is InChI=1S/C14H10Cl3NO2/c15-10-5-4-8(14(19)20)6-12(10)18-7-9-2-1-3-11(16)13(9)17/h1-6,18H,7H2,(H,19,20). The fourth-order valence-corrected chi connectivity index (χ4v) is 2.24. The largest absolute Gasteiger partial charge is 0.478 e. The fourth-order valence-electron chi connectivity index (χ4n) is 1.67. The summed E-state index contributed by atoms with van der Waals surface area (Å²) in [4.78, 5) is 10.9. The van der Waals surface area contributed by atoms with Crippen LogP contribution in [-0.4, -0.2) is 11.1 Å². The molecule has 6 heteroatoms. The van der Waals surface area contributed by atoms with Gasteiger partial charge < -0.3 is 10.4 Å². The molecule has 0 fully saturated rings. The molecule has 2 N–H and O–H groups in total. The van der Waals surface area contributed by atoms with Gasteiger partial charge >= 0.3 is 5.97 Å². The van der Waals surface area contributed by atoms with Crippen molar-refractivity contribution in [2.24, 2.45) is 0 Å². The molecule has 3 nitrogen and oxygen atoms in total. The van der Waals surface area contributed by atoms with Crippen LogP contribution < -0.4 is 5.32 Å². The molecular weight excluding hydrogens is 321 g/mol. The number of carboxylic acid groups (broad SMARTS) is 1. The lowest BCUT2D eigenvalue weighted by molar-refractivity contribution is 0.0697. The van der Waals surface area contributed by atoms with Gasteiger partial charge in [0.05, 0.1) is 26.3 Å². The number of hydrogen-bond acceptors (Lipinski definition) is 2. The molecule has 0 atom stereocenters. The number of benzene rings is 2. The van der Waals surface area contributed by atoms with Crippen molar-refractivity contribution >= 4 is 46.5 Å². The third-order valence-corrected chi connectivity index (χ3v) is 3.90. The first-order valence-corrected chi connectivity index (χ1v) is 6.82. The van der Waals surface area contributed by atoms with Crippen molar-refractivity contribution < 1.29 is 9.90 Å². The minimum absolute atomic E-state index is 0.161. The minimum Gasteiger partial charge on any atom is -0.478 e. The highest BCUT2D eigenvalue weighted by atomic mass is 35.5. The number of rotatable bonds is 4. The normalized spacial score (nSPS) is 10.3. The van der Waals surface area contributed by atoms with Gasteiger partial charge in [0.1, 0.15) is 0 Å². The molecule has 0 amide bonds. The smallest absolute Gasteiger partial charge is 0.335 e. The quantitative estimate of drug-likeness (QED) is 0.833. The van der Waals surface area contributed by atoms with E-state index in [9.17, 15) is 4.79 Å². The summed E-state index contributed by atoms with van der Waals surface area (Å²) in [7, 11) is 0. The molecule has 0 aliphatic carbocycles. The van der Waals surface area contributed by atoms with E-state index in [1.54, 1.807) is 12.1 Å². The van der Waals surface area contributed by atoms with Crippen LogP contribution >= 0.6 is 34.8 Å². The van der Waals surface area contributed by atoms with Gasteiger partial charge in [0, 0.05) is 6.54 Å². The van der Waals surface area contributed by atoms with Gasteiger partial charge in [-0.15, -0.1) is 0 Å². The highest BCUT2D eigenvalue weighted by Crippen LogP contribution is 2.28. The van der Waals surface area contributed by atoms with Crippen LogP contribution in [0.2, 0.25) is 15.1 Å². The van der Waals surface area contributed by atoms with Crippen molar-refractivity contribution in [1.82, 2.24) is 0 Å². The van der Waals surface area contributed by atoms with E-state index < -0.39 is 5.97 Å². The van der Waals surface area contributed by atoms with E-state index in [1.165, 1.54) is 18.2 Å². The molecule has 2 aromatic carbocycles. The summed E-state index contributed by atoms with van der Waals surface area (Å²) in [5, 5.41) is 13.4. The Morgan fingerprint density at radius 1 is 1.10 bits per heavy atom. The molecule has 0 aliphatic heterocycles. The molecule has 0 bridgehead atoms. The van der Waals surface area contributed by atoms with Gasteiger partial charge in [0.2, 0.25) is 0 Å². The van der Waals surface area contributed by atoms with Crippen molar-refractivity contribution in [1.29, 1.82) is 0 Å². The maximum absolute atomic E-state index is 10.9. The summed E-state index contributed by atoms with van der Waals surface area (Å²) < 4.78 is 0. The van der Waals surface area contributed by atoms with Crippen LogP contribution in [0.5, 0.6) is 0 Å². The Balaban J connectivity index is 2.20. The van der Waals surface area contributed by atoms with Gasteiger partial charge in [0.15, 0.2) is 0 Å². The van der Waals surface area contributed by atoms with Crippen molar-refractivity contribution in [3.8, 4) is 0 Å². The predicted molar refractivity (Wildman–Crippen MR) is 82.2 cm³/mol. The lowest BCUT2D eigenvalue weighted by Crippen LogP contribution is -2.03. The van der Waals surface area contributed by atoms with Crippen molar-refractivity contribution in [3.05, 3.63) is 62.6 Å². The van der Waals surface area contributed by atoms with Crippen molar-refractivity contribution in [2.45, 2.75) is 6.54 Å². The topological polar surface area (TPSA) is 49.3 Å². The molecule has 0 saturated heterocycles. The molecule has 0 unspecified atom stereocenters. The Bertz CT molecular complexity index is 659. The Morgan fingerprint density at radius 2 is 1.85 bits per heavy atom. The molecular formula is C14H10Cl3NO2. The average molecular weight is 331 g/mol. The highest BCUT2D eigenvalue weighted by molar-refractivity contribution is 6.42. The zero-order valence-electron chi connectivity index (χ0n) is 10.2. The molecule has 2 rings (SSSR count). The van der Waals surface area contributed by atoms with Crippen LogP contribution in [0.25, 0.3) is 0 Å². The molecule has 0 aliphatic rings. The molecule has 2 aromatic rings. The van der Waals surface area contributed by atoms with Crippen LogP contribution in [0, 0.1) is 0 Å². The van der Waals surface area contributed by atoms with Crippen molar-refractivity contribution in [3.63, 3.8) is 0 Å². The molecule has 0 heterocycles. The fraction of sp³-hybridized carbons (Fsp3) is 0.0714. The highest BCUT2D eigenvalue weighted by Gasteiger charge is 2.09. The Kier molecular flexibility index (Phi) is 4.76. The number of hydrogen-bond donors (Lipinski definition) is 2. The number of halogens is 3. The molecule has 0 spiro atoms. The minimum atomic E-state index is -1.01. The van der Waals surface area contributed by atoms with E-state index in [1.807, 2.05) is 6.07 Å². The predicted octanol–water partition coefficient (Wildman–Crippen LogP) is 4.96. The number of nitrogens with one attached hydrogen (secondary N) is 1. The number of anilines is 1. The van der Waals surface area contributed by atoms with E-state index >= 15 is 0 Å². The van der Waals surface area contributed by atoms with E-state index in [4.69, 9.17) is 39.9 Å². The zero-order valence-corrected chi connectivity index (χ0v) is 12.4. The van der Waals surface area contributed by atoms with E-state index in [-0.39, 0.29) is 5.56 Å². The van der Waals surface area contributed by atoms with Gasteiger partial charge in [-0.25, -0.2) is 4.79 Å². The van der Waals surface area contributed by atoms with Crippen LogP contribution in [0.3, 0.4) is 0 Å². The van der Waals surface area contributed by atoms with Gasteiger partial charge in [-0.05, 0) is 29.8 Å². The van der Waals surface area contributed by atoms with Gasteiger partial charge in [-0.3, -0.25) is 0 Å². The Labute approximate surface area is 131 Å². The first-order valence-electron chi connectivity index (χ1n) is 5.68. The Hall–Kier alpha value is -1.42. The van der Waals surface area contributed by atoms with Crippen LogP contribution in [0.4, 0.5) is 5.69 Å². The van der Waals surface area contributed by atoms with Gasteiger partial charge in [-0.2, -0.15) is 0 Å². The van der Waals surface area contributed by atoms with Crippen LogP contribution in [0.1, 0.15) is 15.9 Å². The van der Waals surface area contributed by atoms with E-state index in [0.29, 0.717) is 27.3 Å². The monoisotopic (exact) mass is 329 g/mol. The van der Waals surface area contributed by atoms with Crippen LogP contribution in [0.15, 0.2) is 36.4 Å². The Morgan fingerprint density at radius 3 is 2.55 bits per heavy atom. The van der Waals surface area contributed by atoms with Crippen molar-refractivity contribution in [2.75, 3.05) is 5.32 Å². The van der Waals surface area contributed by atoms with Crippen LogP contribution in [-0.2, 0) is 6.54 Å². The second kappa shape index (κ2) is 6.35. The summed E-state index contributed by atoms with van der Waals surface area (Å²) in [5.41, 5.74) is 1.49. The lowest BCUT2D eigenvalue weighted by atomic mass is 10.2. The zero-order chi connectivity index (χ0) is 14.7. The summed E-state index contributed by atoms with van der Waals surface area (Å²) in [6.45, 7) is 0.391. The third kappa shape index (κ3) is 3.37. The number of carboxylic acids is 1. The second-order valence-corrected chi connectivity index (χ2v) is 5.26. The van der Waals surface area contributed by atoms with E-state index in [2.05, 4.69) is 5.32 Å². The van der Waals surface area contributed by atoms with E-state index in [0.717, 1.165) is 5.56 Å². The first kappa shape index (κ1) is 15.0. The van der Waals surface area contributed by atoms with Gasteiger partial charge in [-0.1, -0.05) is 46.9 Å². The summed E-state index contributed by atoms with van der Waals surface area (Å²) >= 11 is 18.0. The summed E-state index contributed by atoms with van der Waals surface area (Å²) in [6.07, 6.45) is 0. The number of aromatic carboxylic acids is 1. The maximum Gasteiger partial charge on any atom is 0.335 e. The summed E-state index contributed by atoms with van der Waals surface area (Å²) in [6, 6.07) is 9.78. The summed E-state index contributed by atoms with van der Waals surface area (Å²) in [5.74, 6) is -1.01. The first-order chi connectivity index (χ1) is 9.49. The van der Waals surface area contributed by atoms with Gasteiger partial charge in [0.25, 0.3) is 0 Å². The maximum atomic E-state index is 10.9. The molecule has 0 radical (unpaired) electrons. The molecule has 0 saturated carbocycles. The average Bonchev–Trinajstić information content (AvgIpc) is 2.41. The third-order valence-electron chi connectivity index (χ3n) is 2.71. The molecule has 104 valence electrons. The number of carbonyl (C=O) groups is 1.